The minimum atomic E-state index is -1.27. The number of amides is 1. The highest BCUT2D eigenvalue weighted by Gasteiger charge is 2.54. The maximum absolute atomic E-state index is 12.2. The third-order valence-corrected chi connectivity index (χ3v) is 5.68. The van der Waals surface area contributed by atoms with Crippen LogP contribution in [0.2, 0.25) is 0 Å². The van der Waals surface area contributed by atoms with Gasteiger partial charge in [-0.2, -0.15) is 0 Å². The number of unbranched alkanes of at least 4 members (excludes halogenated alkanes) is 1. The number of nitrogens with two attached hydrogens (primary N) is 1. The summed E-state index contributed by atoms with van der Waals surface area (Å²) in [4.78, 5) is 25.3. The van der Waals surface area contributed by atoms with Gasteiger partial charge in [0, 0.05) is 5.33 Å². The number of nitrogens with zero attached hydrogens (tertiary/aromatic N) is 1. The van der Waals surface area contributed by atoms with Crippen molar-refractivity contribution in [1.82, 2.24) is 4.90 Å². The van der Waals surface area contributed by atoms with Gasteiger partial charge in [-0.3, -0.25) is 13.9 Å². The Hall–Kier alpha value is -0.730. The Balaban J connectivity index is 2.24. The highest BCUT2D eigenvalue weighted by molar-refractivity contribution is 9.09. The van der Waals surface area contributed by atoms with Crippen LogP contribution in [0.3, 0.4) is 0 Å². The minimum Gasteiger partial charge on any atom is -0.461 e. The molecule has 1 amide bonds. The molecule has 2 heterocycles. The molecule has 2 N–H and O–H groups in total. The molecule has 0 radical (unpaired) electrons. The van der Waals surface area contributed by atoms with E-state index < -0.39 is 28.2 Å². The number of ether oxygens (including phenoxy) is 1. The molecule has 0 saturated carbocycles. The fourth-order valence-corrected chi connectivity index (χ4v) is 4.59. The fourth-order valence-electron chi connectivity index (χ4n) is 2.22. The maximum Gasteiger partial charge on any atom is 0.355 e. The van der Waals surface area contributed by atoms with Crippen LogP contribution in [0.15, 0.2) is 11.3 Å². The lowest BCUT2D eigenvalue weighted by Gasteiger charge is -2.47. The molecule has 2 aliphatic heterocycles. The predicted molar refractivity (Wildman–Crippen MR) is 78.3 cm³/mol. The van der Waals surface area contributed by atoms with Crippen LogP contribution < -0.4 is 5.73 Å². The molecule has 8 heteroatoms. The normalized spacial score (nSPS) is 29.1. The lowest BCUT2D eigenvalue weighted by molar-refractivity contribution is -0.151. The first-order valence-corrected chi connectivity index (χ1v) is 8.94. The van der Waals surface area contributed by atoms with E-state index in [4.69, 9.17) is 10.5 Å². The SMILES string of the molecule is CCCCOC(=O)C1=C(CBr)CS(=O)[C@H]2[C@H](N)C(=O)N12. The van der Waals surface area contributed by atoms with Crippen LogP contribution in [-0.4, -0.2) is 50.1 Å². The minimum absolute atomic E-state index is 0.217. The summed E-state index contributed by atoms with van der Waals surface area (Å²) >= 11 is 3.27. The molecule has 20 heavy (non-hydrogen) atoms. The van der Waals surface area contributed by atoms with Crippen LogP contribution in [0, 0.1) is 0 Å². The zero-order chi connectivity index (χ0) is 14.9. The molecule has 2 rings (SSSR count). The summed E-state index contributed by atoms with van der Waals surface area (Å²) in [6, 6.07) is -0.786. The van der Waals surface area contributed by atoms with Gasteiger partial charge in [0.25, 0.3) is 0 Å². The van der Waals surface area contributed by atoms with Gasteiger partial charge in [0.2, 0.25) is 5.91 Å². The molecule has 0 spiro atoms. The van der Waals surface area contributed by atoms with Crippen molar-refractivity contribution < 1.29 is 18.5 Å². The van der Waals surface area contributed by atoms with Crippen LogP contribution in [0.25, 0.3) is 0 Å². The van der Waals surface area contributed by atoms with E-state index in [0.717, 1.165) is 12.8 Å². The second-order valence-corrected chi connectivity index (χ2v) is 6.82. The Kier molecular flexibility index (Phi) is 4.98. The molecule has 1 unspecified atom stereocenters. The molecular formula is C12H17BrN2O4S. The standard InChI is InChI=1S/C12H17BrN2O4S/c1-2-3-4-19-12(17)9-7(5-13)6-20(18)11-8(14)10(16)15(9)11/h8,11H,2-6,14H2,1H3/t8-,11+,20?/m1/s1. The Morgan fingerprint density at radius 2 is 2.30 bits per heavy atom. The first kappa shape index (κ1) is 15.7. The Morgan fingerprint density at radius 3 is 2.90 bits per heavy atom. The Bertz CT molecular complexity index is 494. The van der Waals surface area contributed by atoms with E-state index in [1.54, 1.807) is 0 Å². The van der Waals surface area contributed by atoms with Gasteiger partial charge in [0.15, 0.2) is 0 Å². The van der Waals surface area contributed by atoms with Crippen molar-refractivity contribution in [2.45, 2.75) is 31.2 Å². The number of β-lactam (4-membered cyclic amide) rings is 1. The van der Waals surface area contributed by atoms with Crippen molar-refractivity contribution in [2.24, 2.45) is 5.73 Å². The Morgan fingerprint density at radius 1 is 1.60 bits per heavy atom. The summed E-state index contributed by atoms with van der Waals surface area (Å²) in [5, 5.41) is -0.220. The number of hydrogen-bond donors (Lipinski definition) is 1. The van der Waals surface area contributed by atoms with Crippen molar-refractivity contribution >= 4 is 38.6 Å². The molecule has 0 bridgehead atoms. The van der Waals surface area contributed by atoms with Crippen LogP contribution in [-0.2, 0) is 25.1 Å². The van der Waals surface area contributed by atoms with Crippen LogP contribution >= 0.6 is 15.9 Å². The average Bonchev–Trinajstić information content (AvgIpc) is 2.45. The van der Waals surface area contributed by atoms with Crippen molar-refractivity contribution in [1.29, 1.82) is 0 Å². The number of halogens is 1. The van der Waals surface area contributed by atoms with E-state index in [1.807, 2.05) is 6.92 Å². The van der Waals surface area contributed by atoms with E-state index in [1.165, 1.54) is 4.90 Å². The summed E-state index contributed by atoms with van der Waals surface area (Å²) in [6.07, 6.45) is 1.68. The molecule has 0 aromatic heterocycles. The lowest BCUT2D eigenvalue weighted by atomic mass is 10.0. The first-order valence-electron chi connectivity index (χ1n) is 6.43. The number of alkyl halides is 1. The topological polar surface area (TPSA) is 89.7 Å². The molecule has 112 valence electrons. The van der Waals surface area contributed by atoms with Gasteiger partial charge < -0.3 is 10.5 Å². The van der Waals surface area contributed by atoms with E-state index in [-0.39, 0.29) is 17.4 Å². The number of hydrogen-bond acceptors (Lipinski definition) is 5. The van der Waals surface area contributed by atoms with Crippen LogP contribution in [0.1, 0.15) is 19.8 Å². The van der Waals surface area contributed by atoms with Gasteiger partial charge in [-0.25, -0.2) is 4.79 Å². The van der Waals surface area contributed by atoms with Crippen molar-refractivity contribution in [3.05, 3.63) is 11.3 Å². The third-order valence-electron chi connectivity index (χ3n) is 3.33. The van der Waals surface area contributed by atoms with E-state index in [0.29, 0.717) is 17.5 Å². The monoisotopic (exact) mass is 364 g/mol. The summed E-state index contributed by atoms with van der Waals surface area (Å²) in [6.45, 7) is 2.31. The molecule has 2 aliphatic rings. The van der Waals surface area contributed by atoms with Gasteiger partial charge >= 0.3 is 5.97 Å². The fraction of sp³-hybridized carbons (Fsp3) is 0.667. The van der Waals surface area contributed by atoms with Gasteiger partial charge in [0.1, 0.15) is 17.1 Å². The largest absolute Gasteiger partial charge is 0.461 e. The van der Waals surface area contributed by atoms with Crippen molar-refractivity contribution in [3.8, 4) is 0 Å². The summed E-state index contributed by atoms with van der Waals surface area (Å²) in [7, 11) is -1.27. The second-order valence-electron chi connectivity index (χ2n) is 4.72. The predicted octanol–water partition coefficient (Wildman–Crippen LogP) is 0.237. The molecule has 1 fully saturated rings. The molecular weight excluding hydrogens is 348 g/mol. The molecule has 0 aromatic carbocycles. The highest BCUT2D eigenvalue weighted by atomic mass is 79.9. The Labute approximate surface area is 128 Å². The molecule has 6 nitrogen and oxygen atoms in total. The zero-order valence-electron chi connectivity index (χ0n) is 11.1. The number of fused-ring (bicyclic) bond motifs is 1. The quantitative estimate of drug-likeness (QED) is 0.326. The lowest BCUT2D eigenvalue weighted by Crippen LogP contribution is -2.72. The molecule has 1 saturated heterocycles. The van der Waals surface area contributed by atoms with E-state index in [2.05, 4.69) is 15.9 Å². The summed E-state index contributed by atoms with van der Waals surface area (Å²) in [5.41, 5.74) is 6.51. The number of carbonyl (C=O) groups excluding carboxylic acids is 2. The number of rotatable bonds is 5. The molecule has 0 aliphatic carbocycles. The average molecular weight is 365 g/mol. The van der Waals surface area contributed by atoms with Crippen molar-refractivity contribution in [2.75, 3.05) is 17.7 Å². The van der Waals surface area contributed by atoms with Crippen LogP contribution in [0.4, 0.5) is 0 Å². The second kappa shape index (κ2) is 6.36. The van der Waals surface area contributed by atoms with Gasteiger partial charge in [-0.05, 0) is 12.0 Å². The smallest absolute Gasteiger partial charge is 0.355 e. The maximum atomic E-state index is 12.2. The van der Waals surface area contributed by atoms with Crippen molar-refractivity contribution in [3.63, 3.8) is 0 Å². The third kappa shape index (κ3) is 2.56. The molecule has 0 aromatic rings. The summed E-state index contributed by atoms with van der Waals surface area (Å²) in [5.74, 6) is -0.662. The van der Waals surface area contributed by atoms with Gasteiger partial charge in [-0.1, -0.05) is 29.3 Å². The first-order chi connectivity index (χ1) is 9.52. The van der Waals surface area contributed by atoms with E-state index >= 15 is 0 Å². The van der Waals surface area contributed by atoms with Gasteiger partial charge in [0.05, 0.1) is 23.2 Å². The number of carbonyl (C=O) groups is 2. The van der Waals surface area contributed by atoms with Gasteiger partial charge in [-0.15, -0.1) is 0 Å². The zero-order valence-corrected chi connectivity index (χ0v) is 13.5. The van der Waals surface area contributed by atoms with Crippen LogP contribution in [0.5, 0.6) is 0 Å². The summed E-state index contributed by atoms with van der Waals surface area (Å²) < 4.78 is 17.2. The van der Waals surface area contributed by atoms with E-state index in [9.17, 15) is 13.8 Å². The molecule has 3 atom stereocenters. The number of esters is 1. The highest BCUT2D eigenvalue weighted by Crippen LogP contribution is 2.34.